The minimum Gasteiger partial charge on any atom is -0.481 e. The Bertz CT molecular complexity index is 302. The van der Waals surface area contributed by atoms with E-state index in [2.05, 4.69) is 0 Å². The number of urea groups is 1. The van der Waals surface area contributed by atoms with Crippen LogP contribution in [-0.4, -0.2) is 51.9 Å². The Morgan fingerprint density at radius 2 is 2.07 bits per heavy atom. The SMILES string of the molecule is CCN1C(=O)C(C)N(CCC(=O)O)C1=O. The van der Waals surface area contributed by atoms with E-state index in [0.29, 0.717) is 6.54 Å². The van der Waals surface area contributed by atoms with Gasteiger partial charge in [-0.2, -0.15) is 0 Å². The van der Waals surface area contributed by atoms with E-state index in [1.54, 1.807) is 13.8 Å². The van der Waals surface area contributed by atoms with Crippen molar-refractivity contribution in [1.82, 2.24) is 9.80 Å². The summed E-state index contributed by atoms with van der Waals surface area (Å²) < 4.78 is 0. The van der Waals surface area contributed by atoms with E-state index in [-0.39, 0.29) is 18.9 Å². The molecule has 1 saturated heterocycles. The molecule has 1 atom stereocenters. The predicted molar refractivity (Wildman–Crippen MR) is 51.2 cm³/mol. The third-order valence-corrected chi connectivity index (χ3v) is 2.45. The van der Waals surface area contributed by atoms with Crippen LogP contribution < -0.4 is 0 Å². The molecule has 1 aliphatic rings. The van der Waals surface area contributed by atoms with Crippen molar-refractivity contribution in [3.05, 3.63) is 0 Å². The molecule has 0 bridgehead atoms. The van der Waals surface area contributed by atoms with Crippen molar-refractivity contribution in [1.29, 1.82) is 0 Å². The van der Waals surface area contributed by atoms with Gasteiger partial charge in [0, 0.05) is 13.1 Å². The van der Waals surface area contributed by atoms with Crippen LogP contribution in [0.3, 0.4) is 0 Å². The zero-order chi connectivity index (χ0) is 11.6. The monoisotopic (exact) mass is 214 g/mol. The van der Waals surface area contributed by atoms with Crippen LogP contribution in [0.15, 0.2) is 0 Å². The summed E-state index contributed by atoms with van der Waals surface area (Å²) in [5.41, 5.74) is 0. The molecule has 0 aromatic carbocycles. The molecule has 1 unspecified atom stereocenters. The van der Waals surface area contributed by atoms with E-state index >= 15 is 0 Å². The number of rotatable bonds is 4. The lowest BCUT2D eigenvalue weighted by Gasteiger charge is -2.17. The van der Waals surface area contributed by atoms with Crippen molar-refractivity contribution >= 4 is 17.9 Å². The van der Waals surface area contributed by atoms with E-state index in [0.717, 1.165) is 4.90 Å². The van der Waals surface area contributed by atoms with Gasteiger partial charge in [0.1, 0.15) is 6.04 Å². The van der Waals surface area contributed by atoms with Crippen LogP contribution in [0.4, 0.5) is 4.79 Å². The highest BCUT2D eigenvalue weighted by atomic mass is 16.4. The summed E-state index contributed by atoms with van der Waals surface area (Å²) in [4.78, 5) is 35.9. The van der Waals surface area contributed by atoms with Gasteiger partial charge in [-0.15, -0.1) is 0 Å². The molecular weight excluding hydrogens is 200 g/mol. The third-order valence-electron chi connectivity index (χ3n) is 2.45. The van der Waals surface area contributed by atoms with Crippen LogP contribution in [0, 0.1) is 0 Å². The number of carbonyl (C=O) groups excluding carboxylic acids is 2. The van der Waals surface area contributed by atoms with Crippen molar-refractivity contribution in [3.8, 4) is 0 Å². The molecule has 84 valence electrons. The summed E-state index contributed by atoms with van der Waals surface area (Å²) in [5, 5.41) is 8.50. The molecule has 6 nitrogen and oxygen atoms in total. The number of nitrogens with zero attached hydrogens (tertiary/aromatic N) is 2. The Kier molecular flexibility index (Phi) is 3.28. The van der Waals surface area contributed by atoms with Gasteiger partial charge < -0.3 is 10.0 Å². The topological polar surface area (TPSA) is 77.9 Å². The zero-order valence-corrected chi connectivity index (χ0v) is 8.77. The number of aliphatic carboxylic acids is 1. The molecule has 0 aromatic rings. The van der Waals surface area contributed by atoms with Crippen LogP contribution in [0.1, 0.15) is 20.3 Å². The molecule has 1 fully saturated rings. The molecule has 0 aliphatic carbocycles. The smallest absolute Gasteiger partial charge is 0.327 e. The standard InChI is InChI=1S/C9H14N2O4/c1-3-10-8(14)6(2)11(9(10)15)5-4-7(12)13/h6H,3-5H2,1-2H3,(H,12,13). The van der Waals surface area contributed by atoms with Gasteiger partial charge in [-0.05, 0) is 13.8 Å². The van der Waals surface area contributed by atoms with Crippen LogP contribution >= 0.6 is 0 Å². The van der Waals surface area contributed by atoms with Crippen molar-refractivity contribution in [2.75, 3.05) is 13.1 Å². The van der Waals surface area contributed by atoms with Crippen LogP contribution in [-0.2, 0) is 9.59 Å². The number of carboxylic acids is 1. The number of hydrogen-bond acceptors (Lipinski definition) is 3. The van der Waals surface area contributed by atoms with Crippen molar-refractivity contribution in [3.63, 3.8) is 0 Å². The number of hydrogen-bond donors (Lipinski definition) is 1. The molecule has 0 saturated carbocycles. The molecule has 3 amide bonds. The van der Waals surface area contributed by atoms with Gasteiger partial charge in [-0.25, -0.2) is 4.79 Å². The van der Waals surface area contributed by atoms with Crippen molar-refractivity contribution in [2.45, 2.75) is 26.3 Å². The van der Waals surface area contributed by atoms with Crippen LogP contribution in [0.2, 0.25) is 0 Å². The normalized spacial score (nSPS) is 21.3. The summed E-state index contributed by atoms with van der Waals surface area (Å²) in [7, 11) is 0. The first-order chi connectivity index (χ1) is 6.99. The van der Waals surface area contributed by atoms with Crippen LogP contribution in [0.25, 0.3) is 0 Å². The average molecular weight is 214 g/mol. The van der Waals surface area contributed by atoms with Crippen LogP contribution in [0.5, 0.6) is 0 Å². The minimum atomic E-state index is -0.975. The number of amides is 3. The fourth-order valence-electron chi connectivity index (χ4n) is 1.57. The summed E-state index contributed by atoms with van der Waals surface area (Å²) >= 11 is 0. The van der Waals surface area contributed by atoms with Gasteiger partial charge in [0.2, 0.25) is 0 Å². The maximum Gasteiger partial charge on any atom is 0.327 e. The largest absolute Gasteiger partial charge is 0.481 e. The highest BCUT2D eigenvalue weighted by Crippen LogP contribution is 2.16. The molecule has 6 heteroatoms. The molecule has 0 spiro atoms. The summed E-state index contributed by atoms with van der Waals surface area (Å²) in [6.45, 7) is 3.73. The fourth-order valence-corrected chi connectivity index (χ4v) is 1.57. The molecule has 15 heavy (non-hydrogen) atoms. The predicted octanol–water partition coefficient (Wildman–Crippen LogP) is 0.134. The van der Waals surface area contributed by atoms with E-state index < -0.39 is 18.0 Å². The molecule has 1 heterocycles. The van der Waals surface area contributed by atoms with Crippen molar-refractivity contribution < 1.29 is 19.5 Å². The lowest BCUT2D eigenvalue weighted by molar-refractivity contribution is -0.137. The van der Waals surface area contributed by atoms with Gasteiger partial charge in [-0.3, -0.25) is 14.5 Å². The Balaban J connectivity index is 2.69. The quantitative estimate of drug-likeness (QED) is 0.675. The third kappa shape index (κ3) is 2.08. The summed E-state index contributed by atoms with van der Waals surface area (Å²) in [6.07, 6.45) is -0.138. The second kappa shape index (κ2) is 4.29. The maximum atomic E-state index is 11.6. The number of carbonyl (C=O) groups is 3. The number of carboxylic acid groups (broad SMARTS) is 1. The second-order valence-electron chi connectivity index (χ2n) is 3.38. The number of imide groups is 1. The van der Waals surface area contributed by atoms with Gasteiger partial charge >= 0.3 is 12.0 Å². The van der Waals surface area contributed by atoms with Gasteiger partial charge in [-0.1, -0.05) is 0 Å². The molecule has 0 aromatic heterocycles. The van der Waals surface area contributed by atoms with Gasteiger partial charge in [0.05, 0.1) is 6.42 Å². The fraction of sp³-hybridized carbons (Fsp3) is 0.667. The molecule has 0 radical (unpaired) electrons. The Morgan fingerprint density at radius 3 is 2.47 bits per heavy atom. The molecular formula is C9H14N2O4. The Morgan fingerprint density at radius 1 is 1.47 bits per heavy atom. The maximum absolute atomic E-state index is 11.6. The summed E-state index contributed by atoms with van der Waals surface area (Å²) in [5.74, 6) is -1.23. The molecule has 1 N–H and O–H groups in total. The molecule has 1 rings (SSSR count). The first kappa shape index (κ1) is 11.5. The van der Waals surface area contributed by atoms with Gasteiger partial charge in [0.25, 0.3) is 5.91 Å². The van der Waals surface area contributed by atoms with Gasteiger partial charge in [0.15, 0.2) is 0 Å². The van der Waals surface area contributed by atoms with E-state index in [1.165, 1.54) is 4.90 Å². The van der Waals surface area contributed by atoms with E-state index in [1.807, 2.05) is 0 Å². The van der Waals surface area contributed by atoms with E-state index in [4.69, 9.17) is 5.11 Å². The number of likely N-dealkylation sites (N-methyl/N-ethyl adjacent to an activating group) is 1. The second-order valence-corrected chi connectivity index (χ2v) is 3.38. The molecule has 1 aliphatic heterocycles. The minimum absolute atomic E-state index is 0.0809. The average Bonchev–Trinajstić information content (AvgIpc) is 2.36. The Labute approximate surface area is 87.5 Å². The first-order valence-corrected chi connectivity index (χ1v) is 4.82. The lowest BCUT2D eigenvalue weighted by Crippen LogP contribution is -2.35. The Hall–Kier alpha value is -1.59. The van der Waals surface area contributed by atoms with Crippen molar-refractivity contribution in [2.24, 2.45) is 0 Å². The van der Waals surface area contributed by atoms with E-state index in [9.17, 15) is 14.4 Å². The zero-order valence-electron chi connectivity index (χ0n) is 8.77. The highest BCUT2D eigenvalue weighted by molar-refractivity contribution is 6.04. The summed E-state index contributed by atoms with van der Waals surface area (Å²) in [6, 6.07) is -0.937. The lowest BCUT2D eigenvalue weighted by atomic mass is 10.3. The highest BCUT2D eigenvalue weighted by Gasteiger charge is 2.41. The first-order valence-electron chi connectivity index (χ1n) is 4.82.